The first-order valence-corrected chi connectivity index (χ1v) is 4.06. The van der Waals surface area contributed by atoms with E-state index in [0.717, 1.165) is 6.29 Å². The Bertz CT molecular complexity index is 208. The third kappa shape index (κ3) is 1.36. The summed E-state index contributed by atoms with van der Waals surface area (Å²) in [6, 6.07) is 0. The lowest BCUT2D eigenvalue weighted by molar-refractivity contribution is -0.141. The minimum Gasteiger partial charge on any atom is -0.469 e. The van der Waals surface area contributed by atoms with E-state index in [1.165, 1.54) is 7.11 Å². The van der Waals surface area contributed by atoms with Gasteiger partial charge in [0.05, 0.1) is 7.11 Å². The van der Waals surface area contributed by atoms with E-state index in [9.17, 15) is 9.59 Å². The number of aldehydes is 1. The van der Waals surface area contributed by atoms with Gasteiger partial charge in [0.15, 0.2) is 0 Å². The number of carbonyl (C=O) groups is 2. The highest BCUT2D eigenvalue weighted by Gasteiger charge is 2.58. The Hall–Kier alpha value is -0.860. The van der Waals surface area contributed by atoms with Gasteiger partial charge in [-0.05, 0) is 11.3 Å². The van der Waals surface area contributed by atoms with Crippen molar-refractivity contribution in [3.63, 3.8) is 0 Å². The number of rotatable bonds is 3. The zero-order chi connectivity index (χ0) is 9.35. The smallest absolute Gasteiger partial charge is 0.305 e. The van der Waals surface area contributed by atoms with Gasteiger partial charge in [0.2, 0.25) is 0 Å². The fourth-order valence-electron chi connectivity index (χ4n) is 1.71. The van der Waals surface area contributed by atoms with Gasteiger partial charge in [-0.15, -0.1) is 0 Å². The number of hydrogen-bond acceptors (Lipinski definition) is 3. The Morgan fingerprint density at radius 3 is 2.50 bits per heavy atom. The summed E-state index contributed by atoms with van der Waals surface area (Å²) in [5, 5.41) is 0. The summed E-state index contributed by atoms with van der Waals surface area (Å²) < 4.78 is 4.53. The predicted molar refractivity (Wildman–Crippen MR) is 43.5 cm³/mol. The molecule has 0 unspecified atom stereocenters. The van der Waals surface area contributed by atoms with Crippen LogP contribution in [-0.2, 0) is 14.3 Å². The number of methoxy groups -OCH3 is 1. The summed E-state index contributed by atoms with van der Waals surface area (Å²) in [6.07, 6.45) is 1.31. The van der Waals surface area contributed by atoms with Crippen LogP contribution in [0.25, 0.3) is 0 Å². The summed E-state index contributed by atoms with van der Waals surface area (Å²) in [5.41, 5.74) is -0.00403. The molecule has 0 bridgehead atoms. The maximum atomic E-state index is 10.9. The van der Waals surface area contributed by atoms with E-state index < -0.39 is 0 Å². The minimum absolute atomic E-state index is 0.00403. The monoisotopic (exact) mass is 170 g/mol. The number of carbonyl (C=O) groups excluding carboxylic acids is 2. The molecule has 1 aliphatic carbocycles. The molecule has 1 aliphatic rings. The zero-order valence-corrected chi connectivity index (χ0v) is 7.66. The molecule has 12 heavy (non-hydrogen) atoms. The van der Waals surface area contributed by atoms with Crippen LogP contribution in [0.4, 0.5) is 0 Å². The molecule has 0 spiro atoms. The molecule has 3 nitrogen and oxygen atoms in total. The van der Waals surface area contributed by atoms with Crippen molar-refractivity contribution in [2.45, 2.75) is 20.3 Å². The SMILES string of the molecule is COC(=O)C[C@@H]1[C@@H](C=O)C1(C)C. The van der Waals surface area contributed by atoms with E-state index >= 15 is 0 Å². The van der Waals surface area contributed by atoms with Crippen molar-refractivity contribution in [1.82, 2.24) is 0 Å². The average Bonchev–Trinajstić information content (AvgIpc) is 2.53. The topological polar surface area (TPSA) is 43.4 Å². The molecule has 0 saturated heterocycles. The lowest BCUT2D eigenvalue weighted by atomic mass is 10.1. The lowest BCUT2D eigenvalue weighted by Crippen LogP contribution is -2.03. The van der Waals surface area contributed by atoms with Crippen molar-refractivity contribution in [2.75, 3.05) is 7.11 Å². The number of hydrogen-bond donors (Lipinski definition) is 0. The molecule has 1 saturated carbocycles. The van der Waals surface area contributed by atoms with E-state index in [2.05, 4.69) is 4.74 Å². The largest absolute Gasteiger partial charge is 0.469 e. The molecule has 0 amide bonds. The Morgan fingerprint density at radius 1 is 1.58 bits per heavy atom. The molecule has 0 N–H and O–H groups in total. The maximum absolute atomic E-state index is 10.9. The van der Waals surface area contributed by atoms with Crippen LogP contribution >= 0.6 is 0 Å². The van der Waals surface area contributed by atoms with Gasteiger partial charge < -0.3 is 9.53 Å². The van der Waals surface area contributed by atoms with E-state index in [4.69, 9.17) is 0 Å². The van der Waals surface area contributed by atoms with Crippen LogP contribution in [0.1, 0.15) is 20.3 Å². The van der Waals surface area contributed by atoms with E-state index in [-0.39, 0.29) is 23.2 Å². The van der Waals surface area contributed by atoms with Crippen molar-refractivity contribution < 1.29 is 14.3 Å². The van der Waals surface area contributed by atoms with E-state index in [1.807, 2.05) is 13.8 Å². The maximum Gasteiger partial charge on any atom is 0.305 e. The summed E-state index contributed by atoms with van der Waals surface area (Å²) in [6.45, 7) is 4.00. The molecule has 0 aromatic carbocycles. The third-order valence-corrected chi connectivity index (χ3v) is 2.90. The van der Waals surface area contributed by atoms with Crippen molar-refractivity contribution in [1.29, 1.82) is 0 Å². The first-order valence-electron chi connectivity index (χ1n) is 4.06. The molecule has 3 heteroatoms. The standard InChI is InChI=1S/C9H14O3/c1-9(2)6(7(9)5-10)4-8(11)12-3/h5-7H,4H2,1-3H3/t6-,7-/m1/s1. The first-order chi connectivity index (χ1) is 5.54. The Kier molecular flexibility index (Phi) is 2.22. The molecule has 68 valence electrons. The van der Waals surface area contributed by atoms with Crippen molar-refractivity contribution in [2.24, 2.45) is 17.3 Å². The minimum atomic E-state index is -0.225. The van der Waals surface area contributed by atoms with E-state index in [1.54, 1.807) is 0 Å². The molecule has 2 atom stereocenters. The summed E-state index contributed by atoms with van der Waals surface area (Å²) in [7, 11) is 1.37. The first kappa shape index (κ1) is 9.23. The van der Waals surface area contributed by atoms with Gasteiger partial charge in [0, 0.05) is 12.3 Å². The lowest BCUT2D eigenvalue weighted by Gasteiger charge is -1.99. The summed E-state index contributed by atoms with van der Waals surface area (Å²) >= 11 is 0. The van der Waals surface area contributed by atoms with Gasteiger partial charge in [-0.1, -0.05) is 13.8 Å². The number of esters is 1. The van der Waals surface area contributed by atoms with Crippen LogP contribution in [0.3, 0.4) is 0 Å². The molecule has 1 rings (SSSR count). The fraction of sp³-hybridized carbons (Fsp3) is 0.778. The highest BCUT2D eigenvalue weighted by molar-refractivity contribution is 5.72. The molecule has 0 aromatic rings. The molecular formula is C9H14O3. The van der Waals surface area contributed by atoms with Crippen LogP contribution in [0.2, 0.25) is 0 Å². The molecule has 0 heterocycles. The van der Waals surface area contributed by atoms with Gasteiger partial charge >= 0.3 is 5.97 Å². The van der Waals surface area contributed by atoms with Gasteiger partial charge in [-0.25, -0.2) is 0 Å². The van der Waals surface area contributed by atoms with Crippen LogP contribution < -0.4 is 0 Å². The second-order valence-corrected chi connectivity index (χ2v) is 3.87. The molecule has 0 aliphatic heterocycles. The molecule has 1 fully saturated rings. The van der Waals surface area contributed by atoms with E-state index in [0.29, 0.717) is 6.42 Å². The van der Waals surface area contributed by atoms with Gasteiger partial charge in [0.25, 0.3) is 0 Å². The third-order valence-electron chi connectivity index (χ3n) is 2.90. The van der Waals surface area contributed by atoms with Crippen molar-refractivity contribution >= 4 is 12.3 Å². The normalized spacial score (nSPS) is 30.9. The quantitative estimate of drug-likeness (QED) is 0.469. The Morgan fingerprint density at radius 2 is 2.17 bits per heavy atom. The van der Waals surface area contributed by atoms with Gasteiger partial charge in [-0.2, -0.15) is 0 Å². The van der Waals surface area contributed by atoms with Crippen LogP contribution in [0.5, 0.6) is 0 Å². The van der Waals surface area contributed by atoms with Crippen LogP contribution in [-0.4, -0.2) is 19.4 Å². The number of ether oxygens (including phenoxy) is 1. The summed E-state index contributed by atoms with van der Waals surface area (Å²) in [4.78, 5) is 21.4. The Labute approximate surface area is 72.1 Å². The van der Waals surface area contributed by atoms with Crippen LogP contribution in [0, 0.1) is 17.3 Å². The second kappa shape index (κ2) is 2.88. The average molecular weight is 170 g/mol. The van der Waals surface area contributed by atoms with Crippen molar-refractivity contribution in [3.05, 3.63) is 0 Å². The molecule has 0 aromatic heterocycles. The predicted octanol–water partition coefficient (Wildman–Crippen LogP) is 1.02. The Balaban J connectivity index is 2.47. The zero-order valence-electron chi connectivity index (χ0n) is 7.66. The van der Waals surface area contributed by atoms with Gasteiger partial charge in [0.1, 0.15) is 6.29 Å². The highest BCUT2D eigenvalue weighted by Crippen LogP contribution is 2.58. The van der Waals surface area contributed by atoms with Gasteiger partial charge in [-0.3, -0.25) is 4.79 Å². The van der Waals surface area contributed by atoms with Crippen molar-refractivity contribution in [3.8, 4) is 0 Å². The fourth-order valence-corrected chi connectivity index (χ4v) is 1.71. The molecular weight excluding hydrogens is 156 g/mol. The second-order valence-electron chi connectivity index (χ2n) is 3.87. The summed E-state index contributed by atoms with van der Waals surface area (Å²) in [5.74, 6) is -0.00326. The van der Waals surface area contributed by atoms with Crippen LogP contribution in [0.15, 0.2) is 0 Å². The highest BCUT2D eigenvalue weighted by atomic mass is 16.5. The molecule has 0 radical (unpaired) electrons.